The Labute approximate surface area is 429 Å². The topological polar surface area (TPSA) is 259 Å². The summed E-state index contributed by atoms with van der Waals surface area (Å²) in [6, 6.07) is 12.1. The van der Waals surface area contributed by atoms with E-state index in [1.54, 1.807) is 50.4 Å². The second-order valence-electron chi connectivity index (χ2n) is 16.3. The fraction of sp³-hybridized carbons (Fsp3) is 0.660. The maximum atomic E-state index is 13.1. The van der Waals surface area contributed by atoms with Crippen molar-refractivity contribution in [1.82, 2.24) is 31.0 Å². The van der Waals surface area contributed by atoms with E-state index in [1.807, 2.05) is 32.9 Å². The van der Waals surface area contributed by atoms with Gasteiger partial charge in [0.25, 0.3) is 5.91 Å². The molecular formula is C50H79N7O16. The molecular weight excluding hydrogens is 955 g/mol. The van der Waals surface area contributed by atoms with Crippen molar-refractivity contribution in [3.05, 3.63) is 65.5 Å². The van der Waals surface area contributed by atoms with Crippen molar-refractivity contribution >= 4 is 23.4 Å². The van der Waals surface area contributed by atoms with Crippen LogP contribution in [0.25, 0.3) is 11.4 Å². The molecule has 0 saturated heterocycles. The average molecular weight is 1030 g/mol. The molecule has 0 fully saturated rings. The van der Waals surface area contributed by atoms with Gasteiger partial charge in [0.15, 0.2) is 5.82 Å². The average Bonchev–Trinajstić information content (AvgIpc) is 3.39. The lowest BCUT2D eigenvalue weighted by Crippen LogP contribution is -2.53. The van der Waals surface area contributed by atoms with Crippen molar-refractivity contribution in [3.8, 4) is 11.4 Å². The molecule has 2 atom stereocenters. The standard InChI is InChI=1S/C50H79N7O16/c1-39(2)46(50(60)51-41(4)48(58)52-44-12-6-40(3)7-13-44)53-49(59)43-10-8-42(9-11-43)47-56-54-45(55-57-47)38-73-37-36-72-35-34-71-33-32-70-31-30-69-29-28-68-27-26-67-25-24-66-23-22-65-21-20-64-19-18-63-17-16-62-15-14-61-5/h6-13,39,41,46H,14-38H2,1-5H3,(H,51,60)(H,52,58)(H,53,59)/t41-,46-/m0/s1. The number of amides is 3. The van der Waals surface area contributed by atoms with Crippen molar-refractivity contribution in [2.24, 2.45) is 5.92 Å². The first-order chi connectivity index (χ1) is 35.7. The molecule has 2 aromatic carbocycles. The summed E-state index contributed by atoms with van der Waals surface area (Å²) >= 11 is 0. The SMILES string of the molecule is COCCOCCOCCOCCOCCOCCOCCOCCOCCOCCOCCOCCOCc1nnc(-c2ccc(C(=O)N[C@H](C(=O)N[C@@H](C)C(=O)Nc3ccc(C)cc3)C(C)C)cc2)nn1. The Hall–Kier alpha value is -4.73. The molecule has 3 aromatic rings. The van der Waals surface area contributed by atoms with Crippen LogP contribution in [0.15, 0.2) is 48.5 Å². The van der Waals surface area contributed by atoms with Gasteiger partial charge in [0.2, 0.25) is 17.6 Å². The van der Waals surface area contributed by atoms with E-state index in [1.165, 1.54) is 0 Å². The van der Waals surface area contributed by atoms with Gasteiger partial charge in [-0.05, 0) is 44.0 Å². The lowest BCUT2D eigenvalue weighted by atomic mass is 10.0. The molecule has 1 heterocycles. The molecule has 73 heavy (non-hydrogen) atoms. The minimum Gasteiger partial charge on any atom is -0.382 e. The predicted molar refractivity (Wildman–Crippen MR) is 267 cm³/mol. The first-order valence-corrected chi connectivity index (χ1v) is 24.7. The Morgan fingerprint density at radius 3 is 1.19 bits per heavy atom. The predicted octanol–water partition coefficient (Wildman–Crippen LogP) is 2.49. The number of ether oxygens (including phenoxy) is 13. The summed E-state index contributed by atoms with van der Waals surface area (Å²) < 4.78 is 70.7. The fourth-order valence-electron chi connectivity index (χ4n) is 5.93. The number of rotatable bonds is 46. The third-order valence-corrected chi connectivity index (χ3v) is 9.99. The number of hydrogen-bond acceptors (Lipinski definition) is 20. The van der Waals surface area contributed by atoms with Crippen molar-refractivity contribution in [2.45, 2.75) is 46.4 Å². The second-order valence-corrected chi connectivity index (χ2v) is 16.3. The third-order valence-electron chi connectivity index (χ3n) is 9.99. The van der Waals surface area contributed by atoms with Gasteiger partial charge in [-0.15, -0.1) is 20.4 Å². The smallest absolute Gasteiger partial charge is 0.251 e. The number of hydrogen-bond donors (Lipinski definition) is 3. The number of nitrogens with one attached hydrogen (secondary N) is 3. The highest BCUT2D eigenvalue weighted by Crippen LogP contribution is 2.15. The lowest BCUT2D eigenvalue weighted by Gasteiger charge is -2.24. The van der Waals surface area contributed by atoms with Crippen LogP contribution < -0.4 is 16.0 Å². The molecule has 0 saturated carbocycles. The van der Waals surface area contributed by atoms with Gasteiger partial charge >= 0.3 is 0 Å². The summed E-state index contributed by atoms with van der Waals surface area (Å²) in [7, 11) is 1.64. The van der Waals surface area contributed by atoms with E-state index in [4.69, 9.17) is 61.6 Å². The first kappa shape index (κ1) is 62.6. The highest BCUT2D eigenvalue weighted by atomic mass is 16.6. The second kappa shape index (κ2) is 41.6. The van der Waals surface area contributed by atoms with Crippen LogP contribution in [0.2, 0.25) is 0 Å². The van der Waals surface area contributed by atoms with Gasteiger partial charge in [-0.1, -0.05) is 43.7 Å². The number of carbonyl (C=O) groups is 3. The van der Waals surface area contributed by atoms with Crippen molar-refractivity contribution in [1.29, 1.82) is 0 Å². The zero-order valence-corrected chi connectivity index (χ0v) is 43.3. The molecule has 23 heteroatoms. The van der Waals surface area contributed by atoms with Crippen LogP contribution in [0.5, 0.6) is 0 Å². The first-order valence-electron chi connectivity index (χ1n) is 24.7. The summed E-state index contributed by atoms with van der Waals surface area (Å²) in [5.41, 5.74) is 2.60. The van der Waals surface area contributed by atoms with E-state index in [2.05, 4.69) is 36.3 Å². The largest absolute Gasteiger partial charge is 0.382 e. The van der Waals surface area contributed by atoms with Crippen LogP contribution in [0.4, 0.5) is 5.69 Å². The van der Waals surface area contributed by atoms with E-state index in [-0.39, 0.29) is 24.3 Å². The minimum atomic E-state index is -0.879. The minimum absolute atomic E-state index is 0.0997. The molecule has 23 nitrogen and oxygen atoms in total. The molecule has 0 spiro atoms. The molecule has 0 radical (unpaired) electrons. The molecule has 3 rings (SSSR count). The maximum absolute atomic E-state index is 13.1. The molecule has 0 unspecified atom stereocenters. The van der Waals surface area contributed by atoms with E-state index >= 15 is 0 Å². The molecule has 410 valence electrons. The van der Waals surface area contributed by atoms with Crippen LogP contribution >= 0.6 is 0 Å². The van der Waals surface area contributed by atoms with Crippen LogP contribution in [-0.2, 0) is 77.8 Å². The molecule has 0 aliphatic carbocycles. The lowest BCUT2D eigenvalue weighted by molar-refractivity contribution is -0.128. The van der Waals surface area contributed by atoms with E-state index < -0.39 is 23.9 Å². The van der Waals surface area contributed by atoms with Gasteiger partial charge in [0, 0.05) is 23.9 Å². The number of nitrogens with zero attached hydrogens (tertiary/aromatic N) is 4. The quantitative estimate of drug-likeness (QED) is 0.0687. The Bertz CT molecular complexity index is 1850. The zero-order chi connectivity index (χ0) is 52.4. The summed E-state index contributed by atoms with van der Waals surface area (Å²) in [6.07, 6.45) is 0. The van der Waals surface area contributed by atoms with Gasteiger partial charge in [0.1, 0.15) is 18.7 Å². The number of benzene rings is 2. The highest BCUT2D eigenvalue weighted by molar-refractivity contribution is 6.00. The molecule has 0 bridgehead atoms. The fourth-order valence-corrected chi connectivity index (χ4v) is 5.93. The van der Waals surface area contributed by atoms with Gasteiger partial charge in [-0.2, -0.15) is 0 Å². The van der Waals surface area contributed by atoms with Crippen LogP contribution in [0.3, 0.4) is 0 Å². The summed E-state index contributed by atoms with van der Waals surface area (Å²) in [4.78, 5) is 39.0. The van der Waals surface area contributed by atoms with Crippen molar-refractivity contribution in [3.63, 3.8) is 0 Å². The number of carbonyl (C=O) groups excluding carboxylic acids is 3. The molecule has 0 aliphatic heterocycles. The summed E-state index contributed by atoms with van der Waals surface area (Å²) in [5.74, 6) is -0.984. The number of anilines is 1. The van der Waals surface area contributed by atoms with Gasteiger partial charge in [-0.25, -0.2) is 0 Å². The molecule has 0 aliphatic rings. The summed E-state index contributed by atoms with van der Waals surface area (Å²) in [5, 5.41) is 24.7. The van der Waals surface area contributed by atoms with Crippen LogP contribution in [0.1, 0.15) is 42.5 Å². The van der Waals surface area contributed by atoms with E-state index in [9.17, 15) is 14.4 Å². The zero-order valence-electron chi connectivity index (χ0n) is 43.3. The van der Waals surface area contributed by atoms with Crippen LogP contribution in [0, 0.1) is 12.8 Å². The number of methoxy groups -OCH3 is 1. The van der Waals surface area contributed by atoms with Gasteiger partial charge < -0.3 is 77.5 Å². The third kappa shape index (κ3) is 30.9. The van der Waals surface area contributed by atoms with Crippen molar-refractivity contribution in [2.75, 3.05) is 171 Å². The van der Waals surface area contributed by atoms with Gasteiger partial charge in [0.05, 0.1) is 159 Å². The maximum Gasteiger partial charge on any atom is 0.251 e. The highest BCUT2D eigenvalue weighted by Gasteiger charge is 2.27. The Balaban J connectivity index is 1.07. The molecule has 3 N–H and O–H groups in total. The monoisotopic (exact) mass is 1030 g/mol. The van der Waals surface area contributed by atoms with Crippen molar-refractivity contribution < 1.29 is 76.0 Å². The Morgan fingerprint density at radius 1 is 0.452 bits per heavy atom. The Kier molecular flexibility index (Phi) is 35.7. The molecule has 1 aromatic heterocycles. The van der Waals surface area contributed by atoms with Crippen LogP contribution in [-0.4, -0.2) is 216 Å². The Morgan fingerprint density at radius 2 is 0.822 bits per heavy atom. The van der Waals surface area contributed by atoms with E-state index in [0.717, 1.165) is 5.56 Å². The van der Waals surface area contributed by atoms with Gasteiger partial charge in [-0.3, -0.25) is 14.4 Å². The summed E-state index contributed by atoms with van der Waals surface area (Å²) in [6.45, 7) is 18.6. The normalized spacial score (nSPS) is 12.2. The number of aromatic nitrogens is 4. The molecule has 3 amide bonds. The van der Waals surface area contributed by atoms with E-state index in [0.29, 0.717) is 181 Å². The number of aryl methyl sites for hydroxylation is 1.